The third-order valence-corrected chi connectivity index (χ3v) is 5.03. The molecule has 0 aliphatic rings. The number of carbonyl (C=O) groups is 1. The molecular formula is C20H18BrClN2O. The average molecular weight is 418 g/mol. The van der Waals surface area contributed by atoms with Crippen molar-refractivity contribution < 1.29 is 4.79 Å². The lowest BCUT2D eigenvalue weighted by molar-refractivity contribution is 0.103. The summed E-state index contributed by atoms with van der Waals surface area (Å²) in [4.78, 5) is 17.6. The van der Waals surface area contributed by atoms with Crippen molar-refractivity contribution in [2.24, 2.45) is 0 Å². The van der Waals surface area contributed by atoms with Crippen molar-refractivity contribution in [3.05, 3.63) is 80.8 Å². The van der Waals surface area contributed by atoms with Crippen LogP contribution in [0.4, 0.5) is 0 Å². The van der Waals surface area contributed by atoms with E-state index in [1.807, 2.05) is 34.9 Å². The highest BCUT2D eigenvalue weighted by molar-refractivity contribution is 9.10. The number of rotatable bonds is 5. The summed E-state index contributed by atoms with van der Waals surface area (Å²) in [6.07, 6.45) is 3.50. The topological polar surface area (TPSA) is 34.9 Å². The lowest BCUT2D eigenvalue weighted by Gasteiger charge is -2.14. The van der Waals surface area contributed by atoms with Crippen LogP contribution in [0.25, 0.3) is 5.69 Å². The monoisotopic (exact) mass is 416 g/mol. The number of benzene rings is 2. The maximum atomic E-state index is 13.1. The van der Waals surface area contributed by atoms with E-state index < -0.39 is 0 Å². The molecule has 2 aromatic carbocycles. The molecule has 5 heteroatoms. The second-order valence-electron chi connectivity index (χ2n) is 5.69. The van der Waals surface area contributed by atoms with Crippen LogP contribution in [0.2, 0.25) is 5.02 Å². The molecule has 25 heavy (non-hydrogen) atoms. The third-order valence-electron chi connectivity index (χ3n) is 4.21. The van der Waals surface area contributed by atoms with Crippen molar-refractivity contribution in [1.82, 2.24) is 9.55 Å². The largest absolute Gasteiger partial charge is 0.302 e. The van der Waals surface area contributed by atoms with Gasteiger partial charge >= 0.3 is 0 Å². The molecule has 0 radical (unpaired) electrons. The van der Waals surface area contributed by atoms with Crippen molar-refractivity contribution in [3.8, 4) is 5.69 Å². The number of hydrogen-bond acceptors (Lipinski definition) is 2. The Balaban J connectivity index is 2.19. The Bertz CT molecular complexity index is 933. The molecule has 3 aromatic rings. The Morgan fingerprint density at radius 3 is 2.56 bits per heavy atom. The maximum Gasteiger partial charge on any atom is 0.196 e. The Morgan fingerprint density at radius 2 is 1.88 bits per heavy atom. The minimum absolute atomic E-state index is 0.0955. The highest BCUT2D eigenvalue weighted by Crippen LogP contribution is 2.27. The van der Waals surface area contributed by atoms with Gasteiger partial charge in [-0.3, -0.25) is 4.79 Å². The number of aromatic nitrogens is 2. The minimum Gasteiger partial charge on any atom is -0.302 e. The van der Waals surface area contributed by atoms with Crippen LogP contribution in [-0.2, 0) is 12.8 Å². The molecule has 0 saturated carbocycles. The quantitative estimate of drug-likeness (QED) is 0.503. The standard InChI is InChI=1S/C20H18BrClN2O/c1-3-17-18(4-2)24(12-23-17)19-11-13(21)9-10-15(19)20(25)14-7-5-6-8-16(14)22/h5-12H,3-4H2,1-2H3. The summed E-state index contributed by atoms with van der Waals surface area (Å²) in [7, 11) is 0. The number of halogens is 2. The molecular weight excluding hydrogens is 400 g/mol. The predicted molar refractivity (Wildman–Crippen MR) is 105 cm³/mol. The zero-order valence-corrected chi connectivity index (χ0v) is 16.4. The van der Waals surface area contributed by atoms with Gasteiger partial charge in [0.1, 0.15) is 0 Å². The van der Waals surface area contributed by atoms with E-state index in [0.717, 1.165) is 34.4 Å². The molecule has 0 spiro atoms. The van der Waals surface area contributed by atoms with Crippen molar-refractivity contribution in [1.29, 1.82) is 0 Å². The van der Waals surface area contributed by atoms with Crippen LogP contribution in [0.15, 0.2) is 53.3 Å². The van der Waals surface area contributed by atoms with Crippen LogP contribution < -0.4 is 0 Å². The normalized spacial score (nSPS) is 10.9. The Labute approximate surface area is 160 Å². The Kier molecular flexibility index (Phi) is 5.40. The summed E-state index contributed by atoms with van der Waals surface area (Å²) in [6, 6.07) is 12.8. The van der Waals surface area contributed by atoms with E-state index in [1.54, 1.807) is 18.5 Å². The Morgan fingerprint density at radius 1 is 1.12 bits per heavy atom. The van der Waals surface area contributed by atoms with E-state index in [0.29, 0.717) is 16.1 Å². The fraction of sp³-hybridized carbons (Fsp3) is 0.200. The van der Waals surface area contributed by atoms with E-state index in [2.05, 4.69) is 34.8 Å². The predicted octanol–water partition coefficient (Wildman–Crippen LogP) is 5.64. The highest BCUT2D eigenvalue weighted by Gasteiger charge is 2.19. The zero-order valence-electron chi connectivity index (χ0n) is 14.1. The summed E-state index contributed by atoms with van der Waals surface area (Å²) in [5.41, 5.74) is 4.09. The molecule has 0 aliphatic heterocycles. The fourth-order valence-electron chi connectivity index (χ4n) is 2.97. The highest BCUT2D eigenvalue weighted by atomic mass is 79.9. The van der Waals surface area contributed by atoms with Crippen LogP contribution in [0, 0.1) is 0 Å². The van der Waals surface area contributed by atoms with Crippen molar-refractivity contribution in [2.45, 2.75) is 26.7 Å². The van der Waals surface area contributed by atoms with Crippen LogP contribution in [0.3, 0.4) is 0 Å². The second-order valence-corrected chi connectivity index (χ2v) is 7.01. The molecule has 3 rings (SSSR count). The van der Waals surface area contributed by atoms with Gasteiger partial charge in [0.05, 0.1) is 22.7 Å². The number of aryl methyl sites for hydroxylation is 1. The van der Waals surface area contributed by atoms with Gasteiger partial charge in [-0.2, -0.15) is 0 Å². The molecule has 0 fully saturated rings. The molecule has 0 aliphatic carbocycles. The molecule has 0 N–H and O–H groups in total. The van der Waals surface area contributed by atoms with E-state index in [4.69, 9.17) is 11.6 Å². The zero-order chi connectivity index (χ0) is 18.0. The first-order chi connectivity index (χ1) is 12.1. The van der Waals surface area contributed by atoms with Gasteiger partial charge in [-0.25, -0.2) is 4.98 Å². The second kappa shape index (κ2) is 7.54. The first kappa shape index (κ1) is 17.9. The number of imidazole rings is 1. The number of hydrogen-bond donors (Lipinski definition) is 0. The lowest BCUT2D eigenvalue weighted by atomic mass is 10.0. The number of carbonyl (C=O) groups excluding carboxylic acids is 1. The lowest BCUT2D eigenvalue weighted by Crippen LogP contribution is -2.10. The summed E-state index contributed by atoms with van der Waals surface area (Å²) in [5.74, 6) is -0.0955. The van der Waals surface area contributed by atoms with Gasteiger partial charge in [0.25, 0.3) is 0 Å². The molecule has 128 valence electrons. The summed E-state index contributed by atoms with van der Waals surface area (Å²) in [6.45, 7) is 4.18. The van der Waals surface area contributed by atoms with Crippen LogP contribution in [0.1, 0.15) is 41.2 Å². The molecule has 0 unspecified atom stereocenters. The van der Waals surface area contributed by atoms with E-state index in [1.165, 1.54) is 0 Å². The average Bonchev–Trinajstić information content (AvgIpc) is 3.04. The number of nitrogens with zero attached hydrogens (tertiary/aromatic N) is 2. The van der Waals surface area contributed by atoms with Crippen LogP contribution in [-0.4, -0.2) is 15.3 Å². The maximum absolute atomic E-state index is 13.1. The van der Waals surface area contributed by atoms with Crippen LogP contribution in [0.5, 0.6) is 0 Å². The minimum atomic E-state index is -0.0955. The van der Waals surface area contributed by atoms with Gasteiger partial charge in [-0.05, 0) is 43.2 Å². The van der Waals surface area contributed by atoms with Gasteiger partial charge in [0.15, 0.2) is 5.78 Å². The molecule has 0 atom stereocenters. The third kappa shape index (κ3) is 3.42. The molecule has 0 saturated heterocycles. The van der Waals surface area contributed by atoms with Gasteiger partial charge < -0.3 is 4.57 Å². The molecule has 0 bridgehead atoms. The molecule has 1 aromatic heterocycles. The Hall–Kier alpha value is -1.91. The molecule has 3 nitrogen and oxygen atoms in total. The van der Waals surface area contributed by atoms with Gasteiger partial charge in [-0.1, -0.05) is 53.5 Å². The first-order valence-electron chi connectivity index (χ1n) is 8.21. The van der Waals surface area contributed by atoms with Crippen molar-refractivity contribution in [3.63, 3.8) is 0 Å². The SMILES string of the molecule is CCc1ncn(-c2cc(Br)ccc2C(=O)c2ccccc2Cl)c1CC. The van der Waals surface area contributed by atoms with E-state index in [9.17, 15) is 4.79 Å². The first-order valence-corrected chi connectivity index (χ1v) is 9.38. The van der Waals surface area contributed by atoms with E-state index in [-0.39, 0.29) is 5.78 Å². The van der Waals surface area contributed by atoms with Crippen LogP contribution >= 0.6 is 27.5 Å². The summed E-state index contributed by atoms with van der Waals surface area (Å²) >= 11 is 9.75. The molecule has 1 heterocycles. The van der Waals surface area contributed by atoms with E-state index >= 15 is 0 Å². The summed E-state index contributed by atoms with van der Waals surface area (Å²) in [5, 5.41) is 0.456. The van der Waals surface area contributed by atoms with Crippen molar-refractivity contribution in [2.75, 3.05) is 0 Å². The van der Waals surface area contributed by atoms with Gasteiger partial charge in [0.2, 0.25) is 0 Å². The molecule has 0 amide bonds. The summed E-state index contributed by atoms with van der Waals surface area (Å²) < 4.78 is 2.92. The number of ketones is 1. The smallest absolute Gasteiger partial charge is 0.196 e. The van der Waals surface area contributed by atoms with Gasteiger partial charge in [-0.15, -0.1) is 0 Å². The van der Waals surface area contributed by atoms with Gasteiger partial charge in [0, 0.05) is 21.3 Å². The fourth-order valence-corrected chi connectivity index (χ4v) is 3.55. The van der Waals surface area contributed by atoms with Crippen molar-refractivity contribution >= 4 is 33.3 Å².